The highest BCUT2D eigenvalue weighted by atomic mass is 16.5. The summed E-state index contributed by atoms with van der Waals surface area (Å²) in [6, 6.07) is 8.47. The highest BCUT2D eigenvalue weighted by molar-refractivity contribution is 5.49. The lowest BCUT2D eigenvalue weighted by molar-refractivity contribution is -0.0820. The number of rotatable bonds is 10. The highest BCUT2D eigenvalue weighted by Gasteiger charge is 2.30. The lowest BCUT2D eigenvalue weighted by atomic mass is 10.0. The van der Waals surface area contributed by atoms with E-state index in [1.54, 1.807) is 0 Å². The summed E-state index contributed by atoms with van der Waals surface area (Å²) in [4.78, 5) is 0. The van der Waals surface area contributed by atoms with E-state index in [2.05, 4.69) is 45.0 Å². The third-order valence-electron chi connectivity index (χ3n) is 4.00. The molecule has 1 aromatic rings. The molecule has 2 nitrogen and oxygen atoms in total. The Kier molecular flexibility index (Phi) is 7.86. The predicted molar refractivity (Wildman–Crippen MR) is 88.2 cm³/mol. The Labute approximate surface area is 125 Å². The van der Waals surface area contributed by atoms with E-state index in [9.17, 15) is 5.21 Å². The first kappa shape index (κ1) is 17.2. The summed E-state index contributed by atoms with van der Waals surface area (Å²) in [6.07, 6.45) is 7.87. The second kappa shape index (κ2) is 9.15. The lowest BCUT2D eigenvalue weighted by Crippen LogP contribution is -2.48. The van der Waals surface area contributed by atoms with Gasteiger partial charge in [-0.25, -0.2) is 5.21 Å². The molecule has 0 aliphatic rings. The maximum absolute atomic E-state index is 11.2. The summed E-state index contributed by atoms with van der Waals surface area (Å²) in [5.41, 5.74) is 2.45. The van der Waals surface area contributed by atoms with Crippen LogP contribution in [0.1, 0.15) is 64.9 Å². The first-order chi connectivity index (χ1) is 9.68. The van der Waals surface area contributed by atoms with Gasteiger partial charge in [0.05, 0.1) is 0 Å². The molecule has 0 fully saturated rings. The zero-order valence-corrected chi connectivity index (χ0v) is 13.6. The minimum Gasteiger partial charge on any atom is -0.212 e. The fourth-order valence-electron chi connectivity index (χ4n) is 2.69. The van der Waals surface area contributed by atoms with E-state index in [1.807, 2.05) is 0 Å². The molecule has 1 rings (SSSR count). The van der Waals surface area contributed by atoms with Gasteiger partial charge in [0, 0.05) is 11.6 Å². The topological polar surface area (TPSA) is 20.2 Å². The van der Waals surface area contributed by atoms with Gasteiger partial charge < -0.3 is 0 Å². The Balaban J connectivity index is 2.98. The van der Waals surface area contributed by atoms with Crippen molar-refractivity contribution < 1.29 is 5.21 Å². The number of benzene rings is 1. The summed E-state index contributed by atoms with van der Waals surface area (Å²) < 4.78 is 0.127. The largest absolute Gasteiger partial charge is 0.212 e. The summed E-state index contributed by atoms with van der Waals surface area (Å²) in [5.74, 6) is 0. The minimum absolute atomic E-state index is 0.127. The molecule has 2 heteroatoms. The van der Waals surface area contributed by atoms with Crippen LogP contribution in [-0.2, 0) is 6.42 Å². The van der Waals surface area contributed by atoms with E-state index in [0.717, 1.165) is 50.9 Å². The maximum atomic E-state index is 11.2. The molecule has 0 atom stereocenters. The van der Waals surface area contributed by atoms with Crippen molar-refractivity contribution in [3.05, 3.63) is 29.8 Å². The van der Waals surface area contributed by atoms with Crippen LogP contribution in [0.2, 0.25) is 0 Å². The Bertz CT molecular complexity index is 367. The molecule has 0 bridgehead atoms. The molecule has 0 radical (unpaired) electrons. The second-order valence-electron chi connectivity index (χ2n) is 5.81. The number of unbranched alkanes of at least 4 members (excludes halogenated alkanes) is 3. The Hall–Kier alpha value is -0.860. The van der Waals surface area contributed by atoms with E-state index in [0.29, 0.717) is 0 Å². The van der Waals surface area contributed by atoms with Crippen molar-refractivity contribution in [1.82, 2.24) is 4.65 Å². The fourth-order valence-corrected chi connectivity index (χ4v) is 2.69. The van der Waals surface area contributed by atoms with E-state index in [4.69, 9.17) is 0 Å². The van der Waals surface area contributed by atoms with E-state index in [1.165, 1.54) is 18.4 Å². The van der Waals surface area contributed by atoms with Crippen LogP contribution in [-0.4, -0.2) is 18.3 Å². The standard InChI is InChI=1S/C18H32NO/c1-4-7-12-17-13-10-11-14-18(17)19(20,15-8-5-2)16-9-6-3/h10-11,13-14,20H,4-9,12,15-16H2,1-3H3/q+1. The van der Waals surface area contributed by atoms with Crippen molar-refractivity contribution in [2.45, 2.75) is 65.7 Å². The average Bonchev–Trinajstić information content (AvgIpc) is 2.49. The van der Waals surface area contributed by atoms with E-state index in [-0.39, 0.29) is 4.65 Å². The number of hydrogen-bond donors (Lipinski definition) is 1. The van der Waals surface area contributed by atoms with Gasteiger partial charge in [0.25, 0.3) is 0 Å². The number of hydroxylamine groups is 2. The molecule has 1 N–H and O–H groups in total. The molecule has 0 aliphatic heterocycles. The number of nitrogens with zero attached hydrogens (tertiary/aromatic N) is 1. The lowest BCUT2D eigenvalue weighted by Gasteiger charge is -2.31. The normalized spacial score (nSPS) is 11.8. The molecular formula is C18H32NO+. The van der Waals surface area contributed by atoms with Crippen LogP contribution < -0.4 is 4.65 Å². The quantitative estimate of drug-likeness (QED) is 0.453. The first-order valence-corrected chi connectivity index (χ1v) is 8.36. The zero-order valence-electron chi connectivity index (χ0n) is 13.6. The van der Waals surface area contributed by atoms with E-state index < -0.39 is 0 Å². The maximum Gasteiger partial charge on any atom is 0.168 e. The molecule has 114 valence electrons. The van der Waals surface area contributed by atoms with Gasteiger partial charge in [0.1, 0.15) is 13.1 Å². The molecule has 0 aromatic heterocycles. The molecule has 0 amide bonds. The van der Waals surface area contributed by atoms with Crippen molar-refractivity contribution in [1.29, 1.82) is 0 Å². The highest BCUT2D eigenvalue weighted by Crippen LogP contribution is 2.28. The molecule has 0 saturated heterocycles. The van der Waals surface area contributed by atoms with Crippen LogP contribution >= 0.6 is 0 Å². The second-order valence-corrected chi connectivity index (χ2v) is 5.81. The van der Waals surface area contributed by atoms with Crippen LogP contribution in [0.15, 0.2) is 24.3 Å². The molecule has 0 heterocycles. The molecule has 0 aliphatic carbocycles. The Morgan fingerprint density at radius 3 is 1.95 bits per heavy atom. The summed E-state index contributed by atoms with van der Waals surface area (Å²) >= 11 is 0. The van der Waals surface area contributed by atoms with Crippen molar-refractivity contribution in [3.63, 3.8) is 0 Å². The van der Waals surface area contributed by atoms with Gasteiger partial charge in [-0.3, -0.25) is 0 Å². The van der Waals surface area contributed by atoms with Crippen molar-refractivity contribution >= 4 is 5.69 Å². The van der Waals surface area contributed by atoms with Crippen molar-refractivity contribution in [2.24, 2.45) is 0 Å². The molecular weight excluding hydrogens is 246 g/mol. The van der Waals surface area contributed by atoms with Gasteiger partial charge in [-0.05, 0) is 25.7 Å². The molecule has 0 unspecified atom stereocenters. The Morgan fingerprint density at radius 2 is 1.40 bits per heavy atom. The summed E-state index contributed by atoms with van der Waals surface area (Å²) in [7, 11) is 0. The van der Waals surface area contributed by atoms with Crippen LogP contribution in [0.3, 0.4) is 0 Å². The number of para-hydroxylation sites is 1. The smallest absolute Gasteiger partial charge is 0.168 e. The fraction of sp³-hybridized carbons (Fsp3) is 0.667. The minimum atomic E-state index is 0.127. The molecule has 20 heavy (non-hydrogen) atoms. The summed E-state index contributed by atoms with van der Waals surface area (Å²) in [6.45, 7) is 8.26. The van der Waals surface area contributed by atoms with Gasteiger partial charge in [-0.2, -0.15) is 4.65 Å². The van der Waals surface area contributed by atoms with Crippen LogP contribution in [0.5, 0.6) is 0 Å². The average molecular weight is 278 g/mol. The zero-order chi connectivity index (χ0) is 14.8. The van der Waals surface area contributed by atoms with Gasteiger partial charge in [0.15, 0.2) is 5.69 Å². The van der Waals surface area contributed by atoms with Gasteiger partial charge in [-0.1, -0.05) is 58.2 Å². The number of hydrogen-bond acceptors (Lipinski definition) is 1. The third-order valence-corrected chi connectivity index (χ3v) is 4.00. The van der Waals surface area contributed by atoms with Gasteiger partial charge in [-0.15, -0.1) is 0 Å². The van der Waals surface area contributed by atoms with Crippen LogP contribution in [0.25, 0.3) is 0 Å². The molecule has 0 saturated carbocycles. The Morgan fingerprint density at radius 1 is 0.850 bits per heavy atom. The molecule has 0 spiro atoms. The number of aryl methyl sites for hydroxylation is 1. The summed E-state index contributed by atoms with van der Waals surface area (Å²) in [5, 5.41) is 11.2. The van der Waals surface area contributed by atoms with E-state index >= 15 is 0 Å². The molecule has 1 aromatic carbocycles. The van der Waals surface area contributed by atoms with Crippen LogP contribution in [0, 0.1) is 0 Å². The van der Waals surface area contributed by atoms with Gasteiger partial charge in [0.2, 0.25) is 0 Å². The first-order valence-electron chi connectivity index (χ1n) is 8.36. The van der Waals surface area contributed by atoms with Crippen molar-refractivity contribution in [3.8, 4) is 0 Å². The SMILES string of the molecule is CCCCc1ccccc1[N+](O)(CCCC)CCCC. The number of quaternary nitrogens is 1. The van der Waals surface area contributed by atoms with Gasteiger partial charge >= 0.3 is 0 Å². The monoisotopic (exact) mass is 278 g/mol. The van der Waals surface area contributed by atoms with Crippen molar-refractivity contribution in [2.75, 3.05) is 13.1 Å². The van der Waals surface area contributed by atoms with Crippen LogP contribution in [0.4, 0.5) is 5.69 Å². The predicted octanol–water partition coefficient (Wildman–Crippen LogP) is 5.33. The third kappa shape index (κ3) is 4.92.